The van der Waals surface area contributed by atoms with Crippen LogP contribution in [0.3, 0.4) is 0 Å². The zero-order chi connectivity index (χ0) is 10.8. The average molecular weight is 220 g/mol. The monoisotopic (exact) mass is 220 g/mol. The van der Waals surface area contributed by atoms with Gasteiger partial charge in [0.15, 0.2) is 5.76 Å². The molecule has 3 heteroatoms. The molecule has 0 fully saturated rings. The van der Waals surface area contributed by atoms with Gasteiger partial charge >= 0.3 is 0 Å². The number of ketones is 1. The van der Waals surface area contributed by atoms with E-state index in [-0.39, 0.29) is 5.78 Å². The van der Waals surface area contributed by atoms with Crippen molar-refractivity contribution in [3.05, 3.63) is 45.5 Å². The molecule has 78 valence electrons. The Labute approximate surface area is 92.5 Å². The van der Waals surface area contributed by atoms with Crippen LogP contribution < -0.4 is 0 Å². The molecule has 2 aromatic rings. The lowest BCUT2D eigenvalue weighted by Crippen LogP contribution is -1.96. The zero-order valence-electron chi connectivity index (χ0n) is 8.74. The molecule has 0 aliphatic heterocycles. The predicted octanol–water partition coefficient (Wildman–Crippen LogP) is 3.44. The van der Waals surface area contributed by atoms with Gasteiger partial charge < -0.3 is 4.42 Å². The summed E-state index contributed by atoms with van der Waals surface area (Å²) in [6.07, 6.45) is 0.815. The summed E-state index contributed by atoms with van der Waals surface area (Å²) in [5.41, 5.74) is 0.717. The second kappa shape index (κ2) is 4.03. The van der Waals surface area contributed by atoms with Gasteiger partial charge in [0.05, 0.1) is 0 Å². The summed E-state index contributed by atoms with van der Waals surface area (Å²) in [5, 5.41) is 1.87. The van der Waals surface area contributed by atoms with Crippen LogP contribution in [0.15, 0.2) is 28.0 Å². The Morgan fingerprint density at radius 3 is 2.80 bits per heavy atom. The third-order valence-corrected chi connectivity index (χ3v) is 3.09. The van der Waals surface area contributed by atoms with Gasteiger partial charge in [-0.15, -0.1) is 11.3 Å². The minimum atomic E-state index is -0.0287. The first-order valence-corrected chi connectivity index (χ1v) is 5.77. The molecule has 0 N–H and O–H groups in total. The summed E-state index contributed by atoms with van der Waals surface area (Å²) >= 11 is 1.58. The van der Waals surface area contributed by atoms with Crippen molar-refractivity contribution in [3.63, 3.8) is 0 Å². The van der Waals surface area contributed by atoms with Crippen LogP contribution in [0.2, 0.25) is 0 Å². The van der Waals surface area contributed by atoms with E-state index >= 15 is 0 Å². The van der Waals surface area contributed by atoms with Crippen molar-refractivity contribution in [2.24, 2.45) is 0 Å². The Hall–Kier alpha value is -1.35. The number of furan rings is 1. The van der Waals surface area contributed by atoms with Crippen molar-refractivity contribution in [2.45, 2.75) is 20.3 Å². The number of hydrogen-bond donors (Lipinski definition) is 0. The lowest BCUT2D eigenvalue weighted by molar-refractivity contribution is 0.101. The van der Waals surface area contributed by atoms with Gasteiger partial charge in [0.25, 0.3) is 0 Å². The maximum atomic E-state index is 11.9. The first-order chi connectivity index (χ1) is 7.20. The topological polar surface area (TPSA) is 30.2 Å². The maximum Gasteiger partial charge on any atom is 0.229 e. The smallest absolute Gasteiger partial charge is 0.229 e. The average Bonchev–Trinajstić information content (AvgIpc) is 2.84. The van der Waals surface area contributed by atoms with E-state index in [2.05, 4.69) is 0 Å². The van der Waals surface area contributed by atoms with Crippen LogP contribution in [-0.4, -0.2) is 5.78 Å². The molecule has 0 bridgehead atoms. The molecule has 0 aromatic carbocycles. The van der Waals surface area contributed by atoms with Gasteiger partial charge in [-0.1, -0.05) is 6.92 Å². The van der Waals surface area contributed by atoms with Gasteiger partial charge in [-0.2, -0.15) is 0 Å². The highest BCUT2D eigenvalue weighted by molar-refractivity contribution is 7.10. The Bertz CT molecular complexity index is 479. The molecule has 0 aliphatic carbocycles. The number of hydrogen-bond acceptors (Lipinski definition) is 3. The molecule has 2 heterocycles. The number of aryl methyl sites for hydroxylation is 2. The first-order valence-electron chi connectivity index (χ1n) is 4.89. The van der Waals surface area contributed by atoms with Crippen molar-refractivity contribution in [1.82, 2.24) is 0 Å². The van der Waals surface area contributed by atoms with E-state index in [1.165, 1.54) is 0 Å². The number of carbonyl (C=O) groups is 1. The van der Waals surface area contributed by atoms with Crippen LogP contribution >= 0.6 is 11.3 Å². The van der Waals surface area contributed by atoms with Gasteiger partial charge in [0, 0.05) is 22.2 Å². The summed E-state index contributed by atoms with van der Waals surface area (Å²) in [5.74, 6) is 1.26. The van der Waals surface area contributed by atoms with Crippen LogP contribution in [0.4, 0.5) is 0 Å². The van der Waals surface area contributed by atoms with Gasteiger partial charge in [-0.3, -0.25) is 4.79 Å². The van der Waals surface area contributed by atoms with Crippen LogP contribution in [0.1, 0.15) is 33.7 Å². The fourth-order valence-electron chi connectivity index (χ4n) is 1.39. The van der Waals surface area contributed by atoms with Crippen molar-refractivity contribution in [2.75, 3.05) is 0 Å². The lowest BCUT2D eigenvalue weighted by atomic mass is 10.2. The number of rotatable bonds is 3. The molecule has 2 rings (SSSR count). The minimum absolute atomic E-state index is 0.0287. The highest BCUT2D eigenvalue weighted by Crippen LogP contribution is 2.18. The van der Waals surface area contributed by atoms with Gasteiger partial charge in [-0.05, 0) is 25.1 Å². The molecule has 0 saturated heterocycles. The molecule has 0 radical (unpaired) electrons. The SMILES string of the molecule is CCc1ccc(C(=O)c2csc(C)c2)o1. The standard InChI is InChI=1S/C12H12O2S/c1-3-10-4-5-11(14-10)12(13)9-6-8(2)15-7-9/h4-7H,3H2,1-2H3. The van der Waals surface area contributed by atoms with E-state index in [0.717, 1.165) is 22.6 Å². The summed E-state index contributed by atoms with van der Waals surface area (Å²) in [6.45, 7) is 3.99. The fourth-order valence-corrected chi connectivity index (χ4v) is 2.08. The molecule has 0 amide bonds. The van der Waals surface area contributed by atoms with Gasteiger partial charge in [0.2, 0.25) is 5.78 Å². The van der Waals surface area contributed by atoms with Crippen molar-refractivity contribution in [3.8, 4) is 0 Å². The molecule has 15 heavy (non-hydrogen) atoms. The predicted molar refractivity (Wildman–Crippen MR) is 60.6 cm³/mol. The third-order valence-electron chi connectivity index (χ3n) is 2.23. The molecule has 0 saturated carbocycles. The third kappa shape index (κ3) is 2.02. The molecule has 0 atom stereocenters. The fraction of sp³-hybridized carbons (Fsp3) is 0.250. The number of thiophene rings is 1. The molecular formula is C12H12O2S. The Kier molecular flexibility index (Phi) is 2.73. The molecule has 0 spiro atoms. The minimum Gasteiger partial charge on any atom is -0.458 e. The molecule has 0 aliphatic rings. The van der Waals surface area contributed by atoms with Gasteiger partial charge in [-0.25, -0.2) is 0 Å². The van der Waals surface area contributed by atoms with Crippen molar-refractivity contribution < 1.29 is 9.21 Å². The summed E-state index contributed by atoms with van der Waals surface area (Å²) in [4.78, 5) is 13.0. The Morgan fingerprint density at radius 2 is 2.27 bits per heavy atom. The van der Waals surface area contributed by atoms with Crippen molar-refractivity contribution in [1.29, 1.82) is 0 Å². The quantitative estimate of drug-likeness (QED) is 0.742. The van der Waals surface area contributed by atoms with E-state index in [4.69, 9.17) is 4.42 Å². The van der Waals surface area contributed by atoms with Crippen LogP contribution in [0.5, 0.6) is 0 Å². The lowest BCUT2D eigenvalue weighted by Gasteiger charge is -1.92. The van der Waals surface area contributed by atoms with E-state index in [9.17, 15) is 4.79 Å². The number of carbonyl (C=O) groups excluding carboxylic acids is 1. The molecular weight excluding hydrogens is 208 g/mol. The van der Waals surface area contributed by atoms with Crippen LogP contribution in [0.25, 0.3) is 0 Å². The normalized spacial score (nSPS) is 10.5. The highest BCUT2D eigenvalue weighted by Gasteiger charge is 2.14. The molecule has 2 nitrogen and oxygen atoms in total. The second-order valence-corrected chi connectivity index (χ2v) is 4.51. The molecule has 0 unspecified atom stereocenters. The van der Waals surface area contributed by atoms with E-state index in [1.807, 2.05) is 31.4 Å². The van der Waals surface area contributed by atoms with Crippen LogP contribution in [0, 0.1) is 6.92 Å². The van der Waals surface area contributed by atoms with E-state index in [0.29, 0.717) is 5.76 Å². The van der Waals surface area contributed by atoms with Crippen LogP contribution in [-0.2, 0) is 6.42 Å². The first kappa shape index (κ1) is 10.2. The summed E-state index contributed by atoms with van der Waals surface area (Å²) < 4.78 is 5.41. The molecule has 2 aromatic heterocycles. The summed E-state index contributed by atoms with van der Waals surface area (Å²) in [7, 11) is 0. The van der Waals surface area contributed by atoms with E-state index in [1.54, 1.807) is 17.4 Å². The largest absolute Gasteiger partial charge is 0.458 e. The zero-order valence-corrected chi connectivity index (χ0v) is 9.56. The van der Waals surface area contributed by atoms with E-state index < -0.39 is 0 Å². The maximum absolute atomic E-state index is 11.9. The highest BCUT2D eigenvalue weighted by atomic mass is 32.1. The second-order valence-electron chi connectivity index (χ2n) is 3.39. The summed E-state index contributed by atoms with van der Waals surface area (Å²) in [6, 6.07) is 5.49. The van der Waals surface area contributed by atoms with Gasteiger partial charge in [0.1, 0.15) is 5.76 Å². The Balaban J connectivity index is 2.28. The van der Waals surface area contributed by atoms with Crippen molar-refractivity contribution >= 4 is 17.1 Å². The Morgan fingerprint density at radius 1 is 1.47 bits per heavy atom.